The second-order valence-corrected chi connectivity index (χ2v) is 8.34. The number of hydrogen-bond acceptors (Lipinski definition) is 4. The molecule has 4 rings (SSSR count). The number of carbonyl (C=O) groups is 1. The summed E-state index contributed by atoms with van der Waals surface area (Å²) in [6.07, 6.45) is 7.36. The summed E-state index contributed by atoms with van der Waals surface area (Å²) in [6.45, 7) is 1.49. The van der Waals surface area contributed by atoms with Crippen molar-refractivity contribution in [2.45, 2.75) is 51.2 Å². The third kappa shape index (κ3) is 3.23. The Morgan fingerprint density at radius 1 is 1.26 bits per heavy atom. The first-order valence-electron chi connectivity index (χ1n) is 8.39. The number of hydrogen-bond donors (Lipinski definition) is 1. The molecule has 0 unspecified atom stereocenters. The molecular weight excluding hydrogens is 326 g/mol. The van der Waals surface area contributed by atoms with Gasteiger partial charge < -0.3 is 10.1 Å². The highest BCUT2D eigenvalue weighted by Crippen LogP contribution is 2.33. The molecule has 1 atom stereocenters. The number of amides is 1. The molecule has 0 radical (unpaired) electrons. The Morgan fingerprint density at radius 2 is 2.17 bits per heavy atom. The predicted molar refractivity (Wildman–Crippen MR) is 94.4 cm³/mol. The number of thiophene rings is 2. The first kappa shape index (κ1) is 15.4. The lowest BCUT2D eigenvalue weighted by molar-refractivity contribution is 0.0955. The maximum absolute atomic E-state index is 12.4. The van der Waals surface area contributed by atoms with Crippen LogP contribution in [0.15, 0.2) is 17.5 Å². The molecule has 1 amide bonds. The van der Waals surface area contributed by atoms with Crippen molar-refractivity contribution in [3.8, 4) is 0 Å². The van der Waals surface area contributed by atoms with Crippen LogP contribution in [0.1, 0.15) is 62.3 Å². The fourth-order valence-corrected chi connectivity index (χ4v) is 5.58. The number of rotatable bonds is 4. The molecule has 3 heterocycles. The van der Waals surface area contributed by atoms with Gasteiger partial charge in [0.05, 0.1) is 11.0 Å². The quantitative estimate of drug-likeness (QED) is 0.886. The van der Waals surface area contributed by atoms with E-state index in [4.69, 9.17) is 4.74 Å². The van der Waals surface area contributed by atoms with Crippen LogP contribution in [0.3, 0.4) is 0 Å². The number of fused-ring (bicyclic) bond motifs is 1. The minimum absolute atomic E-state index is 0.0370. The fourth-order valence-electron chi connectivity index (χ4n) is 3.42. The predicted octanol–water partition coefficient (Wildman–Crippen LogP) is 4.47. The molecule has 5 heteroatoms. The van der Waals surface area contributed by atoms with Crippen molar-refractivity contribution in [3.05, 3.63) is 43.3 Å². The van der Waals surface area contributed by atoms with Crippen LogP contribution < -0.4 is 5.32 Å². The monoisotopic (exact) mass is 347 g/mol. The highest BCUT2D eigenvalue weighted by molar-refractivity contribution is 7.14. The number of ether oxygens (including phenoxy) is 1. The number of nitrogens with one attached hydrogen (secondary N) is 1. The summed E-state index contributed by atoms with van der Waals surface area (Å²) < 4.78 is 5.69. The van der Waals surface area contributed by atoms with Crippen molar-refractivity contribution in [2.75, 3.05) is 6.61 Å². The molecule has 1 saturated heterocycles. The SMILES string of the molecule is O=C(NCc1csc2c1CCCC2)c1ccc([C@@H]2CCCO2)s1. The summed E-state index contributed by atoms with van der Waals surface area (Å²) >= 11 is 3.42. The van der Waals surface area contributed by atoms with E-state index in [0.717, 1.165) is 24.3 Å². The van der Waals surface area contributed by atoms with Crippen molar-refractivity contribution in [1.29, 1.82) is 0 Å². The molecule has 1 aliphatic heterocycles. The molecule has 0 spiro atoms. The molecule has 1 N–H and O–H groups in total. The van der Waals surface area contributed by atoms with Gasteiger partial charge in [0.2, 0.25) is 0 Å². The zero-order chi connectivity index (χ0) is 15.6. The van der Waals surface area contributed by atoms with E-state index in [1.165, 1.54) is 46.6 Å². The van der Waals surface area contributed by atoms with Gasteiger partial charge in [0.1, 0.15) is 0 Å². The van der Waals surface area contributed by atoms with Crippen molar-refractivity contribution in [1.82, 2.24) is 5.32 Å². The van der Waals surface area contributed by atoms with Crippen molar-refractivity contribution in [3.63, 3.8) is 0 Å². The third-order valence-electron chi connectivity index (χ3n) is 4.69. The van der Waals surface area contributed by atoms with Gasteiger partial charge >= 0.3 is 0 Å². The second-order valence-electron chi connectivity index (χ2n) is 6.26. The van der Waals surface area contributed by atoms with E-state index in [1.54, 1.807) is 11.3 Å². The van der Waals surface area contributed by atoms with Crippen LogP contribution in [0.5, 0.6) is 0 Å². The Hall–Kier alpha value is -1.17. The lowest BCUT2D eigenvalue weighted by Gasteiger charge is -2.13. The van der Waals surface area contributed by atoms with Gasteiger partial charge in [0.15, 0.2) is 0 Å². The Bertz CT molecular complexity index is 698. The van der Waals surface area contributed by atoms with Crippen LogP contribution in [0.25, 0.3) is 0 Å². The molecule has 23 heavy (non-hydrogen) atoms. The van der Waals surface area contributed by atoms with Crippen LogP contribution in [0.4, 0.5) is 0 Å². The first-order chi connectivity index (χ1) is 11.3. The highest BCUT2D eigenvalue weighted by Gasteiger charge is 2.21. The van der Waals surface area contributed by atoms with Gasteiger partial charge in [-0.15, -0.1) is 22.7 Å². The van der Waals surface area contributed by atoms with Crippen LogP contribution in [-0.2, 0) is 24.1 Å². The minimum atomic E-state index is 0.0370. The molecule has 2 aliphatic rings. The topological polar surface area (TPSA) is 38.3 Å². The molecule has 1 fully saturated rings. The third-order valence-corrected chi connectivity index (χ3v) is 7.00. The Balaban J connectivity index is 1.39. The number of carbonyl (C=O) groups excluding carboxylic acids is 1. The van der Waals surface area contributed by atoms with E-state index >= 15 is 0 Å². The Labute approximate surface area is 144 Å². The van der Waals surface area contributed by atoms with Crippen LogP contribution in [0, 0.1) is 0 Å². The highest BCUT2D eigenvalue weighted by atomic mass is 32.1. The normalized spacial score (nSPS) is 20.4. The molecule has 122 valence electrons. The van der Waals surface area contributed by atoms with Crippen LogP contribution >= 0.6 is 22.7 Å². The van der Waals surface area contributed by atoms with E-state index in [9.17, 15) is 4.79 Å². The van der Waals surface area contributed by atoms with Gasteiger partial charge in [-0.3, -0.25) is 4.79 Å². The van der Waals surface area contributed by atoms with Gasteiger partial charge in [-0.05, 0) is 67.2 Å². The summed E-state index contributed by atoms with van der Waals surface area (Å²) in [5.74, 6) is 0.0370. The van der Waals surface area contributed by atoms with Gasteiger partial charge in [0.25, 0.3) is 5.91 Å². The van der Waals surface area contributed by atoms with Crippen molar-refractivity contribution >= 4 is 28.6 Å². The van der Waals surface area contributed by atoms with E-state index in [2.05, 4.69) is 10.7 Å². The molecule has 1 aliphatic carbocycles. The molecule has 2 aromatic rings. The number of aryl methyl sites for hydroxylation is 1. The van der Waals surface area contributed by atoms with Crippen molar-refractivity contribution < 1.29 is 9.53 Å². The average Bonchev–Trinajstić information content (AvgIpc) is 3.31. The van der Waals surface area contributed by atoms with E-state index in [-0.39, 0.29) is 12.0 Å². The summed E-state index contributed by atoms with van der Waals surface area (Å²) in [7, 11) is 0. The zero-order valence-corrected chi connectivity index (χ0v) is 14.7. The first-order valence-corrected chi connectivity index (χ1v) is 10.1. The Kier molecular flexibility index (Phi) is 4.51. The molecular formula is C18H21NO2S2. The lowest BCUT2D eigenvalue weighted by atomic mass is 9.96. The molecule has 0 aromatic carbocycles. The summed E-state index contributed by atoms with van der Waals surface area (Å²) in [6, 6.07) is 3.97. The largest absolute Gasteiger partial charge is 0.373 e. The maximum Gasteiger partial charge on any atom is 0.261 e. The Morgan fingerprint density at radius 3 is 3.04 bits per heavy atom. The van der Waals surface area contributed by atoms with Gasteiger partial charge in [0, 0.05) is 22.9 Å². The standard InChI is InChI=1S/C18H21NO2S2/c20-18(17-8-7-16(23-17)14-5-3-9-21-14)19-10-12-11-22-15-6-2-1-4-13(12)15/h7-8,11,14H,1-6,9-10H2,(H,19,20)/t14-/m0/s1. The summed E-state index contributed by atoms with van der Waals surface area (Å²) in [4.78, 5) is 15.9. The van der Waals surface area contributed by atoms with Crippen molar-refractivity contribution in [2.24, 2.45) is 0 Å². The van der Waals surface area contributed by atoms with Gasteiger partial charge in [-0.25, -0.2) is 0 Å². The van der Waals surface area contributed by atoms with Crippen LogP contribution in [-0.4, -0.2) is 12.5 Å². The summed E-state index contributed by atoms with van der Waals surface area (Å²) in [5, 5.41) is 5.32. The minimum Gasteiger partial charge on any atom is -0.373 e. The molecule has 0 bridgehead atoms. The average molecular weight is 348 g/mol. The smallest absolute Gasteiger partial charge is 0.261 e. The molecule has 2 aromatic heterocycles. The molecule has 3 nitrogen and oxygen atoms in total. The second kappa shape index (κ2) is 6.75. The van der Waals surface area contributed by atoms with E-state index in [0.29, 0.717) is 6.54 Å². The van der Waals surface area contributed by atoms with Gasteiger partial charge in [-0.1, -0.05) is 0 Å². The zero-order valence-electron chi connectivity index (χ0n) is 13.1. The van der Waals surface area contributed by atoms with E-state index in [1.807, 2.05) is 23.5 Å². The summed E-state index contributed by atoms with van der Waals surface area (Å²) in [5.41, 5.74) is 2.81. The lowest BCUT2D eigenvalue weighted by Crippen LogP contribution is -2.22. The fraction of sp³-hybridized carbons (Fsp3) is 0.500. The van der Waals surface area contributed by atoms with Gasteiger partial charge in [-0.2, -0.15) is 0 Å². The molecule has 0 saturated carbocycles. The maximum atomic E-state index is 12.4. The van der Waals surface area contributed by atoms with Crippen LogP contribution in [0.2, 0.25) is 0 Å². The van der Waals surface area contributed by atoms with E-state index < -0.39 is 0 Å².